The summed E-state index contributed by atoms with van der Waals surface area (Å²) in [6.07, 6.45) is 1.39. The molecule has 1 aromatic carbocycles. The van der Waals surface area contributed by atoms with Crippen molar-refractivity contribution in [2.45, 2.75) is 19.6 Å². The van der Waals surface area contributed by atoms with Crippen LogP contribution in [0.15, 0.2) is 47.4 Å². The van der Waals surface area contributed by atoms with Gasteiger partial charge in [-0.15, -0.1) is 0 Å². The van der Waals surface area contributed by atoms with Crippen LogP contribution in [0.5, 0.6) is 5.75 Å². The van der Waals surface area contributed by atoms with Gasteiger partial charge in [0.05, 0.1) is 0 Å². The fraction of sp³-hybridized carbons (Fsp3) is 0.200. The lowest BCUT2D eigenvalue weighted by atomic mass is 10.2. The molecule has 1 unspecified atom stereocenters. The lowest BCUT2D eigenvalue weighted by Gasteiger charge is -2.12. The van der Waals surface area contributed by atoms with Crippen molar-refractivity contribution >= 4 is 5.97 Å². The van der Waals surface area contributed by atoms with E-state index in [4.69, 9.17) is 9.84 Å². The third kappa shape index (κ3) is 3.47. The van der Waals surface area contributed by atoms with Gasteiger partial charge in [0.1, 0.15) is 18.5 Å². The van der Waals surface area contributed by atoms with Crippen molar-refractivity contribution in [1.29, 1.82) is 0 Å². The quantitative estimate of drug-likeness (QED) is 0.917. The number of benzene rings is 1. The summed E-state index contributed by atoms with van der Waals surface area (Å²) in [5.74, 6) is -1.48. The maximum Gasteiger partial charge on any atom is 0.326 e. The number of rotatable bonds is 5. The largest absolute Gasteiger partial charge is 0.483 e. The predicted molar refractivity (Wildman–Crippen MR) is 73.8 cm³/mol. The fourth-order valence-electron chi connectivity index (χ4n) is 1.81. The molecule has 0 bridgehead atoms. The summed E-state index contributed by atoms with van der Waals surface area (Å²) >= 11 is 0. The number of nitrogens with zero attached hydrogens (tertiary/aromatic N) is 1. The van der Waals surface area contributed by atoms with E-state index in [0.29, 0.717) is 5.56 Å². The van der Waals surface area contributed by atoms with E-state index >= 15 is 0 Å². The molecule has 1 atom stereocenters. The molecule has 1 heterocycles. The van der Waals surface area contributed by atoms with Gasteiger partial charge in [0.2, 0.25) is 0 Å². The van der Waals surface area contributed by atoms with Gasteiger partial charge in [-0.3, -0.25) is 9.36 Å². The first-order chi connectivity index (χ1) is 9.99. The molecule has 0 saturated carbocycles. The average molecular weight is 291 g/mol. The van der Waals surface area contributed by atoms with Gasteiger partial charge in [0, 0.05) is 6.20 Å². The zero-order valence-electron chi connectivity index (χ0n) is 11.3. The van der Waals surface area contributed by atoms with E-state index in [0.717, 1.165) is 4.57 Å². The highest BCUT2D eigenvalue weighted by Gasteiger charge is 2.16. The molecule has 0 aliphatic heterocycles. The molecule has 21 heavy (non-hydrogen) atoms. The van der Waals surface area contributed by atoms with Gasteiger partial charge in [-0.1, -0.05) is 12.1 Å². The Morgan fingerprint density at radius 1 is 1.38 bits per heavy atom. The van der Waals surface area contributed by atoms with Crippen LogP contribution in [-0.2, 0) is 11.4 Å². The van der Waals surface area contributed by atoms with Gasteiger partial charge in [-0.25, -0.2) is 9.18 Å². The normalized spacial score (nSPS) is 11.9. The van der Waals surface area contributed by atoms with Crippen LogP contribution < -0.4 is 10.3 Å². The molecule has 0 saturated heterocycles. The topological polar surface area (TPSA) is 68.5 Å². The number of carboxylic acids is 1. The van der Waals surface area contributed by atoms with Crippen LogP contribution in [0.3, 0.4) is 0 Å². The Hall–Kier alpha value is -2.63. The van der Waals surface area contributed by atoms with Gasteiger partial charge in [-0.2, -0.15) is 0 Å². The summed E-state index contributed by atoms with van der Waals surface area (Å²) in [5, 5.41) is 8.95. The third-order valence-electron chi connectivity index (χ3n) is 3.00. The Morgan fingerprint density at radius 3 is 2.81 bits per heavy atom. The van der Waals surface area contributed by atoms with Crippen LogP contribution in [0.1, 0.15) is 18.5 Å². The summed E-state index contributed by atoms with van der Waals surface area (Å²) in [7, 11) is 0. The van der Waals surface area contributed by atoms with Gasteiger partial charge in [0.25, 0.3) is 5.56 Å². The number of aromatic nitrogens is 1. The molecule has 2 rings (SSSR count). The van der Waals surface area contributed by atoms with Gasteiger partial charge in [0.15, 0.2) is 5.75 Å². The summed E-state index contributed by atoms with van der Waals surface area (Å²) in [6.45, 7) is 1.43. The molecule has 110 valence electrons. The Kier molecular flexibility index (Phi) is 4.37. The summed E-state index contributed by atoms with van der Waals surface area (Å²) in [6, 6.07) is 7.83. The highest BCUT2D eigenvalue weighted by atomic mass is 19.1. The van der Waals surface area contributed by atoms with E-state index in [-0.39, 0.29) is 18.2 Å². The minimum Gasteiger partial charge on any atom is -0.483 e. The average Bonchev–Trinajstić information content (AvgIpc) is 2.45. The third-order valence-corrected chi connectivity index (χ3v) is 3.00. The highest BCUT2D eigenvalue weighted by molar-refractivity contribution is 5.71. The molecule has 0 spiro atoms. The molecule has 1 aromatic heterocycles. The minimum absolute atomic E-state index is 0.0230. The molecule has 0 aliphatic rings. The second kappa shape index (κ2) is 6.21. The lowest BCUT2D eigenvalue weighted by molar-refractivity contribution is -0.140. The SMILES string of the molecule is CC(C(=O)O)n1cccc(OCc2cccc(F)c2)c1=O. The van der Waals surface area contributed by atoms with Crippen molar-refractivity contribution in [3.05, 3.63) is 64.3 Å². The molecule has 1 N–H and O–H groups in total. The van der Waals surface area contributed by atoms with Crippen molar-refractivity contribution in [2.24, 2.45) is 0 Å². The summed E-state index contributed by atoms with van der Waals surface area (Å²) in [4.78, 5) is 23.0. The van der Waals surface area contributed by atoms with Crippen molar-refractivity contribution in [1.82, 2.24) is 4.57 Å². The van der Waals surface area contributed by atoms with Crippen molar-refractivity contribution in [3.8, 4) is 5.75 Å². The van der Waals surface area contributed by atoms with E-state index in [1.807, 2.05) is 0 Å². The molecule has 0 aliphatic carbocycles. The highest BCUT2D eigenvalue weighted by Crippen LogP contribution is 2.11. The molecule has 5 nitrogen and oxygen atoms in total. The zero-order chi connectivity index (χ0) is 15.4. The number of pyridine rings is 1. The molecule has 6 heteroatoms. The maximum absolute atomic E-state index is 13.0. The fourth-order valence-corrected chi connectivity index (χ4v) is 1.81. The van der Waals surface area contributed by atoms with Crippen LogP contribution in [0.25, 0.3) is 0 Å². The number of hydrogen-bond donors (Lipinski definition) is 1. The lowest BCUT2D eigenvalue weighted by Crippen LogP contribution is -2.28. The van der Waals surface area contributed by atoms with E-state index in [1.54, 1.807) is 12.1 Å². The van der Waals surface area contributed by atoms with E-state index in [2.05, 4.69) is 0 Å². The van der Waals surface area contributed by atoms with E-state index < -0.39 is 17.6 Å². The molecule has 0 fully saturated rings. The summed E-state index contributed by atoms with van der Waals surface area (Å²) < 4.78 is 19.5. The van der Waals surface area contributed by atoms with Crippen LogP contribution in [0, 0.1) is 5.82 Å². The van der Waals surface area contributed by atoms with E-state index in [9.17, 15) is 14.0 Å². The monoisotopic (exact) mass is 291 g/mol. The first-order valence-electron chi connectivity index (χ1n) is 6.30. The molecular formula is C15H14FNO4. The molecule has 0 amide bonds. The maximum atomic E-state index is 13.0. The van der Waals surface area contributed by atoms with Crippen molar-refractivity contribution in [2.75, 3.05) is 0 Å². The second-order valence-electron chi connectivity index (χ2n) is 4.52. The van der Waals surface area contributed by atoms with Crippen LogP contribution in [0.2, 0.25) is 0 Å². The second-order valence-corrected chi connectivity index (χ2v) is 4.52. The first kappa shape index (κ1) is 14.8. The molecular weight excluding hydrogens is 277 g/mol. The standard InChI is InChI=1S/C15H14FNO4/c1-10(15(19)20)17-7-3-6-13(14(17)18)21-9-11-4-2-5-12(16)8-11/h2-8,10H,9H2,1H3,(H,19,20). The number of carboxylic acid groups (broad SMARTS) is 1. The summed E-state index contributed by atoms with van der Waals surface area (Å²) in [5.41, 5.74) is 0.0416. The number of hydrogen-bond acceptors (Lipinski definition) is 3. The Morgan fingerprint density at radius 2 is 2.14 bits per heavy atom. The minimum atomic E-state index is -1.11. The van der Waals surface area contributed by atoms with Crippen LogP contribution >= 0.6 is 0 Å². The van der Waals surface area contributed by atoms with Crippen molar-refractivity contribution in [3.63, 3.8) is 0 Å². The molecule has 0 radical (unpaired) electrons. The Balaban J connectivity index is 2.20. The van der Waals surface area contributed by atoms with Crippen LogP contribution in [-0.4, -0.2) is 15.6 Å². The van der Waals surface area contributed by atoms with Crippen LogP contribution in [0.4, 0.5) is 4.39 Å². The number of ether oxygens (including phenoxy) is 1. The Bertz CT molecular complexity index is 711. The predicted octanol–water partition coefficient (Wildman–Crippen LogP) is 2.21. The molecule has 2 aromatic rings. The van der Waals surface area contributed by atoms with Gasteiger partial charge in [-0.05, 0) is 36.8 Å². The number of halogens is 1. The zero-order valence-corrected chi connectivity index (χ0v) is 11.3. The number of aliphatic carboxylic acids is 1. The first-order valence-corrected chi connectivity index (χ1v) is 6.30. The Labute approximate surface area is 120 Å². The smallest absolute Gasteiger partial charge is 0.326 e. The van der Waals surface area contributed by atoms with Gasteiger partial charge >= 0.3 is 5.97 Å². The van der Waals surface area contributed by atoms with Crippen molar-refractivity contribution < 1.29 is 19.0 Å². The number of carbonyl (C=O) groups is 1. The van der Waals surface area contributed by atoms with E-state index in [1.165, 1.54) is 37.4 Å². The van der Waals surface area contributed by atoms with Gasteiger partial charge < -0.3 is 9.84 Å².